The van der Waals surface area contributed by atoms with E-state index in [0.717, 1.165) is 18.0 Å². The van der Waals surface area contributed by atoms with Gasteiger partial charge in [0.05, 0.1) is 11.9 Å². The fourth-order valence-electron chi connectivity index (χ4n) is 1.71. The molecule has 0 fully saturated rings. The Labute approximate surface area is 106 Å². The van der Waals surface area contributed by atoms with Crippen LogP contribution < -0.4 is 10.6 Å². The van der Waals surface area contributed by atoms with E-state index in [-0.39, 0.29) is 12.5 Å². The molecule has 1 aliphatic rings. The molecule has 3 N–H and O–H groups in total. The first-order valence-electron chi connectivity index (χ1n) is 5.93. The Morgan fingerprint density at radius 3 is 2.89 bits per heavy atom. The van der Waals surface area contributed by atoms with E-state index in [1.54, 1.807) is 0 Å². The molecular weight excluding hydrogens is 228 g/mol. The second-order valence-electron chi connectivity index (χ2n) is 4.11. The van der Waals surface area contributed by atoms with Gasteiger partial charge in [-0.2, -0.15) is 0 Å². The zero-order chi connectivity index (χ0) is 12.8. The van der Waals surface area contributed by atoms with E-state index in [1.165, 1.54) is 5.56 Å². The molecule has 0 bridgehead atoms. The topological polar surface area (TPSA) is 54.9 Å². The van der Waals surface area contributed by atoms with Crippen LogP contribution in [0.15, 0.2) is 54.1 Å². The fraction of sp³-hybridized carbons (Fsp3) is 0.214. The Hall–Kier alpha value is -2.07. The van der Waals surface area contributed by atoms with E-state index in [0.29, 0.717) is 0 Å². The molecule has 4 heteroatoms. The first kappa shape index (κ1) is 12.4. The number of rotatable bonds is 4. The Kier molecular flexibility index (Phi) is 4.15. The van der Waals surface area contributed by atoms with E-state index in [4.69, 9.17) is 4.74 Å². The van der Waals surface area contributed by atoms with Crippen LogP contribution in [0, 0.1) is 0 Å². The summed E-state index contributed by atoms with van der Waals surface area (Å²) in [7, 11) is 0. The molecular formula is C14H17N2O2+. The third-order valence-electron chi connectivity index (χ3n) is 2.64. The van der Waals surface area contributed by atoms with Crippen LogP contribution in [0.25, 0.3) is 0 Å². The summed E-state index contributed by atoms with van der Waals surface area (Å²) in [6, 6.07) is 10.2. The lowest BCUT2D eigenvalue weighted by atomic mass is 10.2. The summed E-state index contributed by atoms with van der Waals surface area (Å²) in [5.41, 5.74) is 2.03. The van der Waals surface area contributed by atoms with E-state index in [1.807, 2.05) is 37.4 Å². The molecule has 18 heavy (non-hydrogen) atoms. The molecule has 0 saturated carbocycles. The number of nitrogens with one attached hydrogen (secondary N) is 1. The molecule has 0 unspecified atom stereocenters. The van der Waals surface area contributed by atoms with Gasteiger partial charge in [-0.1, -0.05) is 30.3 Å². The molecule has 1 amide bonds. The van der Waals surface area contributed by atoms with Crippen molar-refractivity contribution in [2.75, 3.05) is 6.61 Å². The molecule has 94 valence electrons. The average Bonchev–Trinajstić information content (AvgIpc) is 2.38. The normalized spacial score (nSPS) is 15.7. The first-order chi connectivity index (χ1) is 8.75. The van der Waals surface area contributed by atoms with Crippen molar-refractivity contribution in [3.8, 4) is 0 Å². The summed E-state index contributed by atoms with van der Waals surface area (Å²) < 4.78 is 5.32. The molecule has 4 nitrogen and oxygen atoms in total. The highest BCUT2D eigenvalue weighted by molar-refractivity contribution is 5.80. The van der Waals surface area contributed by atoms with Crippen LogP contribution in [-0.2, 0) is 16.1 Å². The van der Waals surface area contributed by atoms with Gasteiger partial charge in [-0.15, -0.1) is 0 Å². The van der Waals surface area contributed by atoms with Crippen molar-refractivity contribution >= 4 is 5.91 Å². The van der Waals surface area contributed by atoms with Gasteiger partial charge < -0.3 is 15.4 Å². The number of hydrogen-bond donors (Lipinski definition) is 2. The third kappa shape index (κ3) is 3.46. The minimum absolute atomic E-state index is 0.0930. The number of benzene rings is 1. The number of nitrogens with two attached hydrogens (primary N) is 1. The quantitative estimate of drug-likeness (QED) is 0.818. The molecule has 0 atom stereocenters. The van der Waals surface area contributed by atoms with Crippen molar-refractivity contribution in [1.29, 1.82) is 0 Å². The summed E-state index contributed by atoms with van der Waals surface area (Å²) in [6.45, 7) is 2.81. The smallest absolute Gasteiger partial charge is 0.262 e. The number of amides is 1. The Morgan fingerprint density at radius 2 is 2.17 bits per heavy atom. The van der Waals surface area contributed by atoms with Gasteiger partial charge in [0.15, 0.2) is 6.61 Å². The van der Waals surface area contributed by atoms with Crippen LogP contribution >= 0.6 is 0 Å². The Balaban J connectivity index is 1.85. The van der Waals surface area contributed by atoms with Gasteiger partial charge in [-0.05, 0) is 6.92 Å². The van der Waals surface area contributed by atoms with Gasteiger partial charge in [-0.3, -0.25) is 4.79 Å². The minimum Gasteiger partial charge on any atom is -0.482 e. The molecule has 2 rings (SSSR count). The number of carbonyl (C=O) groups is 1. The third-order valence-corrected chi connectivity index (χ3v) is 2.64. The SMILES string of the molecule is CC1=C(/C=C\[NH2+]Cc2ccccc2)OCC(=O)N1. The molecule has 0 aromatic heterocycles. The van der Waals surface area contributed by atoms with E-state index in [9.17, 15) is 4.79 Å². The maximum absolute atomic E-state index is 11.0. The van der Waals surface area contributed by atoms with Gasteiger partial charge in [0.1, 0.15) is 12.3 Å². The monoisotopic (exact) mass is 245 g/mol. The molecule has 1 aromatic rings. The second kappa shape index (κ2) is 6.02. The molecule has 0 saturated heterocycles. The van der Waals surface area contributed by atoms with Gasteiger partial charge in [0, 0.05) is 11.6 Å². The van der Waals surface area contributed by atoms with Crippen LogP contribution in [0.3, 0.4) is 0 Å². The lowest BCUT2D eigenvalue weighted by Gasteiger charge is -2.16. The Morgan fingerprint density at radius 1 is 1.39 bits per heavy atom. The number of hydrogen-bond acceptors (Lipinski definition) is 2. The fourth-order valence-corrected chi connectivity index (χ4v) is 1.71. The summed E-state index contributed by atoms with van der Waals surface area (Å²) >= 11 is 0. The van der Waals surface area contributed by atoms with Crippen LogP contribution in [0.5, 0.6) is 0 Å². The zero-order valence-electron chi connectivity index (χ0n) is 10.3. The maximum atomic E-state index is 11.0. The van der Waals surface area contributed by atoms with E-state index >= 15 is 0 Å². The summed E-state index contributed by atoms with van der Waals surface area (Å²) in [5, 5.41) is 4.80. The highest BCUT2D eigenvalue weighted by atomic mass is 16.5. The van der Waals surface area contributed by atoms with E-state index in [2.05, 4.69) is 22.8 Å². The van der Waals surface area contributed by atoms with Crippen molar-refractivity contribution < 1.29 is 14.8 Å². The zero-order valence-corrected chi connectivity index (χ0v) is 10.3. The molecule has 1 aromatic carbocycles. The van der Waals surface area contributed by atoms with Crippen LogP contribution in [0.2, 0.25) is 0 Å². The second-order valence-corrected chi connectivity index (χ2v) is 4.11. The minimum atomic E-state index is -0.0992. The van der Waals surface area contributed by atoms with Crippen molar-refractivity contribution in [3.05, 3.63) is 59.6 Å². The first-order valence-corrected chi connectivity index (χ1v) is 5.93. The predicted molar refractivity (Wildman–Crippen MR) is 68.0 cm³/mol. The lowest BCUT2D eigenvalue weighted by molar-refractivity contribution is -0.604. The average molecular weight is 245 g/mol. The highest BCUT2D eigenvalue weighted by Gasteiger charge is 2.13. The summed E-state index contributed by atoms with van der Waals surface area (Å²) in [4.78, 5) is 11.0. The van der Waals surface area contributed by atoms with Gasteiger partial charge in [0.25, 0.3) is 5.91 Å². The lowest BCUT2D eigenvalue weighted by Crippen LogP contribution is -2.76. The maximum Gasteiger partial charge on any atom is 0.262 e. The standard InChI is InChI=1S/C14H16N2O2/c1-11-13(18-10-14(17)16-11)7-8-15-9-12-5-3-2-4-6-12/h2-8,15H,9-10H2,1H3,(H,16,17)/p+1/b8-7-. The van der Waals surface area contributed by atoms with Crippen molar-refractivity contribution in [3.63, 3.8) is 0 Å². The number of allylic oxidation sites excluding steroid dienone is 2. The van der Waals surface area contributed by atoms with Crippen LogP contribution in [0.1, 0.15) is 12.5 Å². The van der Waals surface area contributed by atoms with Crippen molar-refractivity contribution in [2.45, 2.75) is 13.5 Å². The molecule has 1 heterocycles. The van der Waals surface area contributed by atoms with Gasteiger partial charge >= 0.3 is 0 Å². The molecule has 0 spiro atoms. The highest BCUT2D eigenvalue weighted by Crippen LogP contribution is 2.08. The van der Waals surface area contributed by atoms with Gasteiger partial charge in [-0.25, -0.2) is 0 Å². The largest absolute Gasteiger partial charge is 0.482 e. The summed E-state index contributed by atoms with van der Waals surface area (Å²) in [6.07, 6.45) is 3.82. The molecule has 0 radical (unpaired) electrons. The molecule has 1 aliphatic heterocycles. The number of carbonyl (C=O) groups excluding carboxylic acids is 1. The predicted octanol–water partition coefficient (Wildman–Crippen LogP) is 0.642. The summed E-state index contributed by atoms with van der Waals surface area (Å²) in [5.74, 6) is 0.622. The molecule has 0 aliphatic carbocycles. The Bertz CT molecular complexity index is 478. The van der Waals surface area contributed by atoms with Crippen LogP contribution in [0.4, 0.5) is 0 Å². The van der Waals surface area contributed by atoms with Crippen molar-refractivity contribution in [1.82, 2.24) is 5.32 Å². The number of quaternary nitrogens is 1. The number of ether oxygens (including phenoxy) is 1. The van der Waals surface area contributed by atoms with Crippen LogP contribution in [-0.4, -0.2) is 12.5 Å². The van der Waals surface area contributed by atoms with Crippen molar-refractivity contribution in [2.24, 2.45) is 0 Å². The van der Waals surface area contributed by atoms with Gasteiger partial charge in [0.2, 0.25) is 0 Å². The van der Waals surface area contributed by atoms with E-state index < -0.39 is 0 Å².